The van der Waals surface area contributed by atoms with E-state index in [-0.39, 0.29) is 42.6 Å². The SMILES string of the molecule is O=C(CCCN1C(=O)c2ccccc2C1=O)NC1CCN(C(=O)/C=C/c2ccccc2)CC1. The molecule has 2 heterocycles. The van der Waals surface area contributed by atoms with Gasteiger partial charge in [-0.05, 0) is 43.0 Å². The maximum atomic E-state index is 12.4. The molecular weight excluding hydrogens is 418 g/mol. The zero-order chi connectivity index (χ0) is 23.2. The average Bonchev–Trinajstić information content (AvgIpc) is 3.08. The maximum absolute atomic E-state index is 12.4. The molecule has 1 saturated heterocycles. The van der Waals surface area contributed by atoms with Crippen LogP contribution in [0, 0.1) is 0 Å². The van der Waals surface area contributed by atoms with E-state index in [1.807, 2.05) is 36.4 Å². The predicted octanol–water partition coefficient (Wildman–Crippen LogP) is 2.88. The molecule has 4 amide bonds. The molecule has 0 saturated carbocycles. The highest BCUT2D eigenvalue weighted by Crippen LogP contribution is 2.22. The fourth-order valence-corrected chi connectivity index (χ4v) is 4.22. The lowest BCUT2D eigenvalue weighted by molar-refractivity contribution is -0.127. The van der Waals surface area contributed by atoms with Crippen molar-refractivity contribution in [1.82, 2.24) is 15.1 Å². The van der Waals surface area contributed by atoms with E-state index < -0.39 is 0 Å². The zero-order valence-corrected chi connectivity index (χ0v) is 18.4. The van der Waals surface area contributed by atoms with Crippen molar-refractivity contribution in [3.8, 4) is 0 Å². The molecule has 0 aliphatic carbocycles. The van der Waals surface area contributed by atoms with Gasteiger partial charge in [0.05, 0.1) is 11.1 Å². The molecule has 2 aliphatic heterocycles. The Labute approximate surface area is 193 Å². The minimum absolute atomic E-state index is 0.0235. The fourth-order valence-electron chi connectivity index (χ4n) is 4.22. The van der Waals surface area contributed by atoms with Crippen LogP contribution >= 0.6 is 0 Å². The van der Waals surface area contributed by atoms with Crippen LogP contribution < -0.4 is 5.32 Å². The highest BCUT2D eigenvalue weighted by atomic mass is 16.2. The summed E-state index contributed by atoms with van der Waals surface area (Å²) in [6.07, 6.45) is 5.47. The number of imide groups is 1. The highest BCUT2D eigenvalue weighted by Gasteiger charge is 2.34. The molecule has 7 heteroatoms. The van der Waals surface area contributed by atoms with E-state index in [0.29, 0.717) is 43.5 Å². The van der Waals surface area contributed by atoms with Crippen molar-refractivity contribution in [2.45, 2.75) is 31.7 Å². The van der Waals surface area contributed by atoms with E-state index in [1.165, 1.54) is 4.90 Å². The summed E-state index contributed by atoms with van der Waals surface area (Å²) >= 11 is 0. The molecule has 0 aromatic heterocycles. The van der Waals surface area contributed by atoms with Crippen LogP contribution in [0.1, 0.15) is 52.0 Å². The number of amides is 4. The molecule has 2 aromatic carbocycles. The zero-order valence-electron chi connectivity index (χ0n) is 18.4. The van der Waals surface area contributed by atoms with Gasteiger partial charge in [0.1, 0.15) is 0 Å². The maximum Gasteiger partial charge on any atom is 0.261 e. The van der Waals surface area contributed by atoms with Crippen LogP contribution in [0.15, 0.2) is 60.7 Å². The van der Waals surface area contributed by atoms with Gasteiger partial charge in [-0.1, -0.05) is 42.5 Å². The third-order valence-electron chi connectivity index (χ3n) is 6.05. The molecule has 7 nitrogen and oxygen atoms in total. The molecule has 0 unspecified atom stereocenters. The molecule has 170 valence electrons. The first-order chi connectivity index (χ1) is 16.0. The summed E-state index contributed by atoms with van der Waals surface area (Å²) in [6, 6.07) is 16.5. The Morgan fingerprint density at radius 2 is 1.52 bits per heavy atom. The van der Waals surface area contributed by atoms with E-state index in [4.69, 9.17) is 0 Å². The predicted molar refractivity (Wildman–Crippen MR) is 124 cm³/mol. The van der Waals surface area contributed by atoms with Crippen molar-refractivity contribution in [2.75, 3.05) is 19.6 Å². The van der Waals surface area contributed by atoms with Gasteiger partial charge in [-0.25, -0.2) is 0 Å². The monoisotopic (exact) mass is 445 g/mol. The molecule has 0 radical (unpaired) electrons. The molecule has 4 rings (SSSR count). The van der Waals surface area contributed by atoms with E-state index >= 15 is 0 Å². The molecule has 0 bridgehead atoms. The standard InChI is InChI=1S/C26H27N3O4/c30-23(11-6-16-29-25(32)21-9-4-5-10-22(21)26(29)33)27-20-14-17-28(18-15-20)24(31)13-12-19-7-2-1-3-8-19/h1-5,7-10,12-13,20H,6,11,14-18H2,(H,27,30)/b13-12+. The lowest BCUT2D eigenvalue weighted by atomic mass is 10.0. The quantitative estimate of drug-likeness (QED) is 0.525. The van der Waals surface area contributed by atoms with Crippen LogP contribution in [0.2, 0.25) is 0 Å². The number of fused-ring (bicyclic) bond motifs is 1. The van der Waals surface area contributed by atoms with Gasteiger partial charge in [-0.15, -0.1) is 0 Å². The van der Waals surface area contributed by atoms with Crippen LogP contribution in [0.4, 0.5) is 0 Å². The summed E-state index contributed by atoms with van der Waals surface area (Å²) in [4.78, 5) is 52.5. The van der Waals surface area contributed by atoms with Gasteiger partial charge < -0.3 is 10.2 Å². The molecule has 1 N–H and O–H groups in total. The number of likely N-dealkylation sites (tertiary alicyclic amines) is 1. The lowest BCUT2D eigenvalue weighted by Gasteiger charge is -2.31. The van der Waals surface area contributed by atoms with Crippen molar-refractivity contribution in [1.29, 1.82) is 0 Å². The van der Waals surface area contributed by atoms with Crippen LogP contribution in [0.5, 0.6) is 0 Å². The smallest absolute Gasteiger partial charge is 0.261 e. The summed E-state index contributed by atoms with van der Waals surface area (Å²) in [6.45, 7) is 1.41. The topological polar surface area (TPSA) is 86.8 Å². The molecule has 1 fully saturated rings. The minimum Gasteiger partial charge on any atom is -0.353 e. The van der Waals surface area contributed by atoms with Crippen LogP contribution in [-0.2, 0) is 9.59 Å². The summed E-state index contributed by atoms with van der Waals surface area (Å²) in [5.74, 6) is -0.714. The van der Waals surface area contributed by atoms with Gasteiger partial charge in [0.25, 0.3) is 11.8 Å². The number of hydrogen-bond acceptors (Lipinski definition) is 4. The minimum atomic E-state index is -0.297. The Morgan fingerprint density at radius 3 is 2.15 bits per heavy atom. The normalized spacial score (nSPS) is 16.4. The molecule has 0 atom stereocenters. The van der Waals surface area contributed by atoms with Crippen molar-refractivity contribution in [3.63, 3.8) is 0 Å². The Kier molecular flexibility index (Phi) is 6.98. The second kappa shape index (κ2) is 10.3. The summed E-state index contributed by atoms with van der Waals surface area (Å²) in [5, 5.41) is 3.02. The molecule has 2 aliphatic rings. The van der Waals surface area contributed by atoms with Crippen molar-refractivity contribution >= 4 is 29.7 Å². The van der Waals surface area contributed by atoms with E-state index in [1.54, 1.807) is 35.2 Å². The largest absolute Gasteiger partial charge is 0.353 e. The third-order valence-corrected chi connectivity index (χ3v) is 6.05. The molecule has 0 spiro atoms. The number of carbonyl (C=O) groups is 4. The average molecular weight is 446 g/mol. The number of piperidine rings is 1. The molecular formula is C26H27N3O4. The summed E-state index contributed by atoms with van der Waals surface area (Å²) in [7, 11) is 0. The van der Waals surface area contributed by atoms with E-state index in [2.05, 4.69) is 5.32 Å². The molecule has 2 aromatic rings. The first kappa shape index (κ1) is 22.5. The Bertz CT molecular complexity index is 1040. The van der Waals surface area contributed by atoms with Crippen LogP contribution in [0.3, 0.4) is 0 Å². The van der Waals surface area contributed by atoms with Crippen LogP contribution in [0.25, 0.3) is 6.08 Å². The van der Waals surface area contributed by atoms with Gasteiger partial charge in [0, 0.05) is 38.2 Å². The number of hydrogen-bond donors (Lipinski definition) is 1. The lowest BCUT2D eigenvalue weighted by Crippen LogP contribution is -2.46. The Hall–Kier alpha value is -3.74. The van der Waals surface area contributed by atoms with E-state index in [0.717, 1.165) is 5.56 Å². The van der Waals surface area contributed by atoms with Gasteiger partial charge in [0.2, 0.25) is 11.8 Å². The van der Waals surface area contributed by atoms with Crippen LogP contribution in [-0.4, -0.2) is 59.1 Å². The van der Waals surface area contributed by atoms with Crippen molar-refractivity contribution < 1.29 is 19.2 Å². The number of nitrogens with one attached hydrogen (secondary N) is 1. The fraction of sp³-hybridized carbons (Fsp3) is 0.308. The second-order valence-corrected chi connectivity index (χ2v) is 8.32. The van der Waals surface area contributed by atoms with Gasteiger partial charge in [0.15, 0.2) is 0 Å². The number of carbonyl (C=O) groups excluding carboxylic acids is 4. The Balaban J connectivity index is 1.16. The van der Waals surface area contributed by atoms with E-state index in [9.17, 15) is 19.2 Å². The van der Waals surface area contributed by atoms with Crippen molar-refractivity contribution in [2.24, 2.45) is 0 Å². The highest BCUT2D eigenvalue weighted by molar-refractivity contribution is 6.21. The van der Waals surface area contributed by atoms with Gasteiger partial charge >= 0.3 is 0 Å². The first-order valence-electron chi connectivity index (χ1n) is 11.3. The second-order valence-electron chi connectivity index (χ2n) is 8.32. The number of nitrogens with zero attached hydrogens (tertiary/aromatic N) is 2. The van der Waals surface area contributed by atoms with Gasteiger partial charge in [-0.3, -0.25) is 24.1 Å². The first-order valence-corrected chi connectivity index (χ1v) is 11.3. The molecule has 33 heavy (non-hydrogen) atoms. The number of benzene rings is 2. The summed E-state index contributed by atoms with van der Waals surface area (Å²) in [5.41, 5.74) is 1.83. The van der Waals surface area contributed by atoms with Crippen molar-refractivity contribution in [3.05, 3.63) is 77.4 Å². The van der Waals surface area contributed by atoms with Gasteiger partial charge in [-0.2, -0.15) is 0 Å². The summed E-state index contributed by atoms with van der Waals surface area (Å²) < 4.78 is 0. The third kappa shape index (κ3) is 5.37. The number of rotatable bonds is 7. The Morgan fingerprint density at radius 1 is 0.909 bits per heavy atom.